The number of hydrogen-bond donors (Lipinski definition) is 0. The lowest BCUT2D eigenvalue weighted by atomic mass is 10.1. The van der Waals surface area contributed by atoms with Crippen molar-refractivity contribution in [1.82, 2.24) is 14.1 Å². The maximum Gasteiger partial charge on any atom is 0.270 e. The van der Waals surface area contributed by atoms with Gasteiger partial charge in [-0.25, -0.2) is 9.98 Å². The van der Waals surface area contributed by atoms with Crippen LogP contribution in [0.5, 0.6) is 0 Å². The van der Waals surface area contributed by atoms with Crippen molar-refractivity contribution in [2.24, 2.45) is 4.99 Å². The first-order valence-electron chi connectivity index (χ1n) is 10.0. The Morgan fingerprint density at radius 3 is 2.74 bits per heavy atom. The van der Waals surface area contributed by atoms with E-state index >= 15 is 0 Å². The van der Waals surface area contributed by atoms with Crippen molar-refractivity contribution < 1.29 is 4.92 Å². The number of imidazole rings is 1. The van der Waals surface area contributed by atoms with Gasteiger partial charge in [-0.2, -0.15) is 0 Å². The minimum absolute atomic E-state index is 0.0845. The predicted octanol–water partition coefficient (Wildman–Crippen LogP) is 5.26. The maximum absolute atomic E-state index is 11.3. The van der Waals surface area contributed by atoms with Crippen molar-refractivity contribution in [3.63, 3.8) is 0 Å². The van der Waals surface area contributed by atoms with Crippen LogP contribution in [0, 0.1) is 24.0 Å². The van der Waals surface area contributed by atoms with Crippen LogP contribution < -0.4 is 4.80 Å². The number of aryl methyl sites for hydroxylation is 3. The lowest BCUT2D eigenvalue weighted by molar-refractivity contribution is -0.384. The van der Waals surface area contributed by atoms with E-state index in [0.29, 0.717) is 0 Å². The highest BCUT2D eigenvalue weighted by atomic mass is 32.1. The molecule has 0 atom stereocenters. The van der Waals surface area contributed by atoms with Crippen LogP contribution in [0.3, 0.4) is 0 Å². The maximum atomic E-state index is 11.3. The van der Waals surface area contributed by atoms with Crippen LogP contribution in [0.2, 0.25) is 0 Å². The Morgan fingerprint density at radius 2 is 2.00 bits per heavy atom. The van der Waals surface area contributed by atoms with E-state index in [1.54, 1.807) is 36.0 Å². The number of nitrogens with zero attached hydrogens (tertiary/aromatic N) is 5. The van der Waals surface area contributed by atoms with Gasteiger partial charge >= 0.3 is 0 Å². The normalized spacial score (nSPS) is 11.7. The molecule has 0 fully saturated rings. The molecule has 4 rings (SSSR count). The van der Waals surface area contributed by atoms with Gasteiger partial charge in [-0.3, -0.25) is 10.1 Å². The number of nitro benzene ring substituents is 1. The summed E-state index contributed by atoms with van der Waals surface area (Å²) < 4.78 is 4.19. The van der Waals surface area contributed by atoms with Gasteiger partial charge < -0.3 is 9.13 Å². The zero-order chi connectivity index (χ0) is 21.8. The molecule has 8 heteroatoms. The van der Waals surface area contributed by atoms with Gasteiger partial charge in [-0.15, -0.1) is 11.3 Å². The van der Waals surface area contributed by atoms with Crippen molar-refractivity contribution in [2.45, 2.75) is 33.4 Å². The Hall–Kier alpha value is -3.52. The van der Waals surface area contributed by atoms with Crippen molar-refractivity contribution in [2.75, 3.05) is 0 Å². The number of aromatic nitrogens is 3. The number of non-ortho nitro benzene ring substituents is 1. The molecule has 2 heterocycles. The minimum Gasteiger partial charge on any atom is -0.337 e. The Morgan fingerprint density at radius 1 is 1.13 bits per heavy atom. The molecule has 2 aromatic carbocycles. The van der Waals surface area contributed by atoms with Gasteiger partial charge in [0.25, 0.3) is 5.69 Å². The molecule has 158 valence electrons. The van der Waals surface area contributed by atoms with E-state index in [0.717, 1.165) is 41.3 Å². The Balaban J connectivity index is 1.74. The summed E-state index contributed by atoms with van der Waals surface area (Å²) in [6.45, 7) is 5.74. The fourth-order valence-corrected chi connectivity index (χ4v) is 4.34. The summed E-state index contributed by atoms with van der Waals surface area (Å²) >= 11 is 1.55. The van der Waals surface area contributed by atoms with Gasteiger partial charge in [0.05, 0.1) is 22.6 Å². The molecule has 0 N–H and O–H groups in total. The Kier molecular flexibility index (Phi) is 6.08. The quantitative estimate of drug-likeness (QED) is 0.295. The molecule has 4 aromatic rings. The summed E-state index contributed by atoms with van der Waals surface area (Å²) in [6.07, 6.45) is 6.40. The number of hydrogen-bond acceptors (Lipinski definition) is 5. The zero-order valence-corrected chi connectivity index (χ0v) is 18.2. The van der Waals surface area contributed by atoms with Gasteiger partial charge in [0.15, 0.2) is 4.80 Å². The van der Waals surface area contributed by atoms with Crippen LogP contribution in [-0.4, -0.2) is 19.0 Å². The molecule has 0 unspecified atom stereocenters. The molecule has 2 aromatic heterocycles. The summed E-state index contributed by atoms with van der Waals surface area (Å²) in [7, 11) is 0. The molecule has 0 aliphatic rings. The van der Waals surface area contributed by atoms with Crippen molar-refractivity contribution in [3.8, 4) is 11.3 Å². The summed E-state index contributed by atoms with van der Waals surface area (Å²) in [5, 5.41) is 13.3. The van der Waals surface area contributed by atoms with Gasteiger partial charge in [0.2, 0.25) is 0 Å². The van der Waals surface area contributed by atoms with Crippen molar-refractivity contribution in [1.29, 1.82) is 0 Å². The smallest absolute Gasteiger partial charge is 0.270 e. The number of thiazole rings is 1. The van der Waals surface area contributed by atoms with E-state index < -0.39 is 0 Å². The standard InChI is InChI=1S/C23H23N5O2S/c1-17-7-8-20(13-18(17)2)25-23-27(11-4-10-26-12-9-24-16-26)22(15-31-23)19-5-3-6-21(14-19)28(29)30/h3,5-9,12-16H,4,10-11H2,1-2H3. The Labute approximate surface area is 184 Å². The second-order valence-electron chi connectivity index (χ2n) is 7.40. The first-order chi connectivity index (χ1) is 15.0. The molecule has 0 aliphatic heterocycles. The third kappa shape index (κ3) is 4.80. The van der Waals surface area contributed by atoms with Gasteiger partial charge in [0, 0.05) is 48.6 Å². The molecule has 0 bridgehead atoms. The average molecular weight is 434 g/mol. The SMILES string of the molecule is Cc1ccc(N=c2scc(-c3cccc([N+](=O)[O-])c3)n2CCCn2ccnc2)cc1C. The van der Waals surface area contributed by atoms with E-state index in [-0.39, 0.29) is 10.6 Å². The Bertz CT molecular complexity index is 1270. The summed E-state index contributed by atoms with van der Waals surface area (Å²) in [4.78, 5) is 20.7. The van der Waals surface area contributed by atoms with E-state index in [1.165, 1.54) is 17.2 Å². The molecular formula is C23H23N5O2S. The van der Waals surface area contributed by atoms with Crippen LogP contribution in [-0.2, 0) is 13.1 Å². The molecular weight excluding hydrogens is 410 g/mol. The van der Waals surface area contributed by atoms with E-state index in [1.807, 2.05) is 28.3 Å². The fraction of sp³-hybridized carbons (Fsp3) is 0.217. The molecule has 0 saturated carbocycles. The largest absolute Gasteiger partial charge is 0.337 e. The monoisotopic (exact) mass is 433 g/mol. The van der Waals surface area contributed by atoms with E-state index in [9.17, 15) is 10.1 Å². The first-order valence-corrected chi connectivity index (χ1v) is 10.9. The fourth-order valence-electron chi connectivity index (χ4n) is 3.38. The van der Waals surface area contributed by atoms with E-state index in [2.05, 4.69) is 35.5 Å². The van der Waals surface area contributed by atoms with Crippen LogP contribution >= 0.6 is 11.3 Å². The zero-order valence-electron chi connectivity index (χ0n) is 17.4. The average Bonchev–Trinajstić information content (AvgIpc) is 3.41. The van der Waals surface area contributed by atoms with Crippen LogP contribution in [0.15, 0.2) is 71.6 Å². The number of rotatable bonds is 7. The minimum atomic E-state index is -0.361. The van der Waals surface area contributed by atoms with Gasteiger partial charge in [-0.1, -0.05) is 18.2 Å². The van der Waals surface area contributed by atoms with Crippen LogP contribution in [0.1, 0.15) is 17.5 Å². The van der Waals surface area contributed by atoms with Gasteiger partial charge in [-0.05, 0) is 43.5 Å². The van der Waals surface area contributed by atoms with Crippen molar-refractivity contribution >= 4 is 22.7 Å². The lowest BCUT2D eigenvalue weighted by Gasteiger charge is -2.10. The van der Waals surface area contributed by atoms with E-state index in [4.69, 9.17) is 4.99 Å². The predicted molar refractivity (Wildman–Crippen MR) is 122 cm³/mol. The molecule has 0 radical (unpaired) electrons. The van der Waals surface area contributed by atoms with Crippen LogP contribution in [0.25, 0.3) is 11.3 Å². The second-order valence-corrected chi connectivity index (χ2v) is 8.23. The third-order valence-corrected chi connectivity index (χ3v) is 6.09. The van der Waals surface area contributed by atoms with Gasteiger partial charge in [0.1, 0.15) is 0 Å². The summed E-state index contributed by atoms with van der Waals surface area (Å²) in [5.41, 5.74) is 5.16. The molecule has 0 saturated heterocycles. The molecule has 0 aliphatic carbocycles. The first kappa shape index (κ1) is 20.7. The molecule has 31 heavy (non-hydrogen) atoms. The van der Waals surface area contributed by atoms with Crippen LogP contribution in [0.4, 0.5) is 11.4 Å². The van der Waals surface area contributed by atoms with Crippen molar-refractivity contribution in [3.05, 3.63) is 92.6 Å². The highest BCUT2D eigenvalue weighted by molar-refractivity contribution is 7.07. The highest BCUT2D eigenvalue weighted by Crippen LogP contribution is 2.25. The number of nitro groups is 1. The molecule has 0 spiro atoms. The third-order valence-electron chi connectivity index (χ3n) is 5.22. The molecule has 7 nitrogen and oxygen atoms in total. The highest BCUT2D eigenvalue weighted by Gasteiger charge is 2.12. The summed E-state index contributed by atoms with van der Waals surface area (Å²) in [5.74, 6) is 0. The number of benzene rings is 2. The lowest BCUT2D eigenvalue weighted by Crippen LogP contribution is -2.17. The summed E-state index contributed by atoms with van der Waals surface area (Å²) in [6, 6.07) is 12.9. The topological polar surface area (TPSA) is 78.2 Å². The molecule has 0 amide bonds. The second kappa shape index (κ2) is 9.09.